The number of rotatable bonds is 6. The molecule has 1 rings (SSSR count). The standard InChI is InChI=1S/C12H21N3O4S/c1-8(2)10(7-16)14-12(17)11-5-9(6-15(11)4)20(18,19)13-3/h5-6,8,10,13,16H,7H2,1-4H3,(H,14,17). The minimum Gasteiger partial charge on any atom is -0.394 e. The second-order valence-corrected chi connectivity index (χ2v) is 6.77. The largest absolute Gasteiger partial charge is 0.394 e. The maximum atomic E-state index is 12.1. The first kappa shape index (κ1) is 16.7. The Labute approximate surface area is 119 Å². The lowest BCUT2D eigenvalue weighted by molar-refractivity contribution is 0.0888. The monoisotopic (exact) mass is 303 g/mol. The summed E-state index contributed by atoms with van der Waals surface area (Å²) in [4.78, 5) is 12.1. The van der Waals surface area contributed by atoms with Crippen LogP contribution in [0.2, 0.25) is 0 Å². The number of sulfonamides is 1. The average Bonchev–Trinajstić information content (AvgIpc) is 2.78. The molecule has 0 spiro atoms. The normalized spacial score (nSPS) is 13.5. The summed E-state index contributed by atoms with van der Waals surface area (Å²) in [7, 11) is -0.686. The number of hydrogen-bond acceptors (Lipinski definition) is 4. The third-order valence-corrected chi connectivity index (χ3v) is 4.49. The highest BCUT2D eigenvalue weighted by molar-refractivity contribution is 7.89. The van der Waals surface area contributed by atoms with Gasteiger partial charge in [-0.25, -0.2) is 13.1 Å². The summed E-state index contributed by atoms with van der Waals surface area (Å²) < 4.78 is 27.0. The second kappa shape index (κ2) is 6.38. The van der Waals surface area contributed by atoms with Crippen LogP contribution in [0.1, 0.15) is 24.3 Å². The van der Waals surface area contributed by atoms with Crippen molar-refractivity contribution >= 4 is 15.9 Å². The first-order valence-corrected chi connectivity index (χ1v) is 7.73. The highest BCUT2D eigenvalue weighted by atomic mass is 32.2. The van der Waals surface area contributed by atoms with Gasteiger partial charge in [-0.3, -0.25) is 4.79 Å². The van der Waals surface area contributed by atoms with E-state index in [4.69, 9.17) is 0 Å². The zero-order chi connectivity index (χ0) is 15.5. The lowest BCUT2D eigenvalue weighted by atomic mass is 10.1. The van der Waals surface area contributed by atoms with Crippen LogP contribution in [0.25, 0.3) is 0 Å². The number of aliphatic hydroxyl groups is 1. The molecule has 1 atom stereocenters. The summed E-state index contributed by atoms with van der Waals surface area (Å²) in [5.74, 6) is -0.345. The third-order valence-electron chi connectivity index (χ3n) is 3.11. The van der Waals surface area contributed by atoms with Gasteiger partial charge in [-0.05, 0) is 19.0 Å². The molecule has 7 nitrogen and oxygen atoms in total. The summed E-state index contributed by atoms with van der Waals surface area (Å²) in [5, 5.41) is 11.9. The molecule has 114 valence electrons. The Hall–Kier alpha value is -1.38. The molecule has 0 saturated carbocycles. The Balaban J connectivity index is 3.01. The molecule has 0 aromatic carbocycles. The van der Waals surface area contributed by atoms with E-state index in [9.17, 15) is 18.3 Å². The van der Waals surface area contributed by atoms with E-state index in [0.717, 1.165) is 0 Å². The fourth-order valence-corrected chi connectivity index (χ4v) is 2.49. The number of amides is 1. The molecule has 0 saturated heterocycles. The summed E-state index contributed by atoms with van der Waals surface area (Å²) in [6.45, 7) is 3.58. The molecule has 0 aliphatic rings. The molecule has 0 aliphatic heterocycles. The van der Waals surface area contributed by atoms with Crippen molar-refractivity contribution in [2.24, 2.45) is 13.0 Å². The molecule has 0 fully saturated rings. The predicted octanol–water partition coefficient (Wildman–Crippen LogP) is -0.320. The lowest BCUT2D eigenvalue weighted by Crippen LogP contribution is -2.41. The number of aryl methyl sites for hydroxylation is 1. The van der Waals surface area contributed by atoms with E-state index < -0.39 is 15.9 Å². The van der Waals surface area contributed by atoms with E-state index in [0.29, 0.717) is 0 Å². The van der Waals surface area contributed by atoms with Crippen LogP contribution in [0.4, 0.5) is 0 Å². The summed E-state index contributed by atoms with van der Waals surface area (Å²) in [6.07, 6.45) is 1.37. The lowest BCUT2D eigenvalue weighted by Gasteiger charge is -2.19. The molecular formula is C12H21N3O4S. The van der Waals surface area contributed by atoms with Crippen molar-refractivity contribution in [3.05, 3.63) is 18.0 Å². The quantitative estimate of drug-likeness (QED) is 0.670. The molecule has 0 bridgehead atoms. The van der Waals surface area contributed by atoms with Crippen LogP contribution in [0.5, 0.6) is 0 Å². The van der Waals surface area contributed by atoms with Crippen molar-refractivity contribution in [2.45, 2.75) is 24.8 Å². The van der Waals surface area contributed by atoms with Gasteiger partial charge in [-0.1, -0.05) is 13.8 Å². The molecule has 20 heavy (non-hydrogen) atoms. The number of hydrogen-bond donors (Lipinski definition) is 3. The Morgan fingerprint density at radius 2 is 2.05 bits per heavy atom. The number of aromatic nitrogens is 1. The van der Waals surface area contributed by atoms with Crippen LogP contribution in [0, 0.1) is 5.92 Å². The van der Waals surface area contributed by atoms with Crippen LogP contribution in [0.15, 0.2) is 17.2 Å². The Bertz CT molecular complexity index is 578. The topological polar surface area (TPSA) is 100 Å². The molecular weight excluding hydrogens is 282 g/mol. The van der Waals surface area contributed by atoms with Crippen LogP contribution in [0.3, 0.4) is 0 Å². The minimum atomic E-state index is -3.58. The maximum Gasteiger partial charge on any atom is 0.268 e. The molecule has 0 aliphatic carbocycles. The van der Waals surface area contributed by atoms with Gasteiger partial charge < -0.3 is 15.0 Å². The average molecular weight is 303 g/mol. The molecule has 1 aromatic rings. The number of aliphatic hydroxyl groups excluding tert-OH is 1. The molecule has 0 radical (unpaired) electrons. The predicted molar refractivity (Wildman–Crippen MR) is 74.8 cm³/mol. The van der Waals surface area contributed by atoms with Gasteiger partial charge >= 0.3 is 0 Å². The maximum absolute atomic E-state index is 12.1. The molecule has 1 heterocycles. The van der Waals surface area contributed by atoms with Gasteiger partial charge in [0.1, 0.15) is 10.6 Å². The van der Waals surface area contributed by atoms with Crippen molar-refractivity contribution in [1.82, 2.24) is 14.6 Å². The molecule has 1 aromatic heterocycles. The van der Waals surface area contributed by atoms with Crippen molar-refractivity contribution in [1.29, 1.82) is 0 Å². The molecule has 1 unspecified atom stereocenters. The van der Waals surface area contributed by atoms with Gasteiger partial charge in [-0.15, -0.1) is 0 Å². The van der Waals surface area contributed by atoms with Gasteiger partial charge in [0.05, 0.1) is 12.6 Å². The highest BCUT2D eigenvalue weighted by Gasteiger charge is 2.21. The van der Waals surface area contributed by atoms with Crippen molar-refractivity contribution in [2.75, 3.05) is 13.7 Å². The van der Waals surface area contributed by atoms with Gasteiger partial charge in [0.15, 0.2) is 0 Å². The zero-order valence-corrected chi connectivity index (χ0v) is 12.9. The van der Waals surface area contributed by atoms with E-state index in [1.807, 2.05) is 13.8 Å². The van der Waals surface area contributed by atoms with Crippen LogP contribution >= 0.6 is 0 Å². The summed E-state index contributed by atoms with van der Waals surface area (Å²) in [5.41, 5.74) is 0.220. The van der Waals surface area contributed by atoms with Crippen molar-refractivity contribution in [3.63, 3.8) is 0 Å². The zero-order valence-electron chi connectivity index (χ0n) is 12.0. The van der Waals surface area contributed by atoms with Crippen LogP contribution in [-0.4, -0.2) is 43.7 Å². The number of carbonyl (C=O) groups excluding carboxylic acids is 1. The van der Waals surface area contributed by atoms with Gasteiger partial charge in [0.25, 0.3) is 5.91 Å². The molecule has 1 amide bonds. The smallest absolute Gasteiger partial charge is 0.268 e. The number of carbonyl (C=O) groups is 1. The third kappa shape index (κ3) is 3.59. The Morgan fingerprint density at radius 1 is 1.45 bits per heavy atom. The Morgan fingerprint density at radius 3 is 2.50 bits per heavy atom. The SMILES string of the molecule is CNS(=O)(=O)c1cc(C(=O)NC(CO)C(C)C)n(C)c1. The van der Waals surface area contributed by atoms with Gasteiger partial charge in [0, 0.05) is 13.2 Å². The first-order valence-electron chi connectivity index (χ1n) is 6.24. The van der Waals surface area contributed by atoms with Crippen LogP contribution in [-0.2, 0) is 17.1 Å². The minimum absolute atomic E-state index is 0.0257. The molecule has 3 N–H and O–H groups in total. The highest BCUT2D eigenvalue weighted by Crippen LogP contribution is 2.13. The fourth-order valence-electron chi connectivity index (χ4n) is 1.69. The number of nitrogens with zero attached hydrogens (tertiary/aromatic N) is 1. The van der Waals surface area contributed by atoms with E-state index in [-0.39, 0.29) is 29.2 Å². The molecule has 8 heteroatoms. The summed E-state index contributed by atoms with van der Waals surface area (Å²) >= 11 is 0. The van der Waals surface area contributed by atoms with E-state index in [1.54, 1.807) is 7.05 Å². The van der Waals surface area contributed by atoms with E-state index >= 15 is 0 Å². The summed E-state index contributed by atoms with van der Waals surface area (Å²) in [6, 6.07) is 0.928. The van der Waals surface area contributed by atoms with E-state index in [1.165, 1.54) is 23.9 Å². The van der Waals surface area contributed by atoms with Gasteiger partial charge in [0.2, 0.25) is 10.0 Å². The van der Waals surface area contributed by atoms with Crippen molar-refractivity contribution < 1.29 is 18.3 Å². The Kier molecular flexibility index (Phi) is 5.32. The fraction of sp³-hybridized carbons (Fsp3) is 0.583. The van der Waals surface area contributed by atoms with Crippen LogP contribution < -0.4 is 10.0 Å². The second-order valence-electron chi connectivity index (χ2n) is 4.89. The van der Waals surface area contributed by atoms with Gasteiger partial charge in [-0.2, -0.15) is 0 Å². The number of nitrogens with one attached hydrogen (secondary N) is 2. The van der Waals surface area contributed by atoms with E-state index in [2.05, 4.69) is 10.0 Å². The van der Waals surface area contributed by atoms with Crippen molar-refractivity contribution in [3.8, 4) is 0 Å². The first-order chi connectivity index (χ1) is 9.22.